The van der Waals surface area contributed by atoms with Crippen molar-refractivity contribution in [2.24, 2.45) is 11.8 Å². The van der Waals surface area contributed by atoms with Gasteiger partial charge in [-0.3, -0.25) is 14.4 Å². The normalized spacial score (nSPS) is 12.9. The minimum atomic E-state index is -1.25. The summed E-state index contributed by atoms with van der Waals surface area (Å²) >= 11 is 3.38. The Bertz CT molecular complexity index is 826. The van der Waals surface area contributed by atoms with Crippen LogP contribution in [0.25, 0.3) is 0 Å². The molecular weight excluding hydrogens is 424 g/mol. The summed E-state index contributed by atoms with van der Waals surface area (Å²) in [5.74, 6) is -4.27. The fourth-order valence-corrected chi connectivity index (χ4v) is 3.51. The molecule has 0 aliphatic rings. The zero-order valence-corrected chi connectivity index (χ0v) is 17.9. The number of Topliss-reactive ketones (excluding diaryl/α,β-unsaturated/α-hetero) is 1. The molecule has 2 aromatic rings. The van der Waals surface area contributed by atoms with Crippen LogP contribution in [0.15, 0.2) is 53.0 Å². The van der Waals surface area contributed by atoms with Crippen LogP contribution in [-0.4, -0.2) is 31.9 Å². The Morgan fingerprint density at radius 2 is 1.36 bits per heavy atom. The molecular formula is C22H23BrO5. The SMILES string of the molecule is COC(=O)C(C(=O)OC)[C@H](c1ccc(Br)cc1)[C@@H](C)C(=O)c1ccc(C)cc1. The zero-order chi connectivity index (χ0) is 20.8. The molecule has 28 heavy (non-hydrogen) atoms. The lowest BCUT2D eigenvalue weighted by Crippen LogP contribution is -2.37. The molecule has 2 aromatic carbocycles. The van der Waals surface area contributed by atoms with E-state index in [0.29, 0.717) is 11.1 Å². The molecule has 0 amide bonds. The van der Waals surface area contributed by atoms with Crippen molar-refractivity contribution >= 4 is 33.7 Å². The fourth-order valence-electron chi connectivity index (χ4n) is 3.24. The number of carbonyl (C=O) groups excluding carboxylic acids is 3. The average molecular weight is 447 g/mol. The van der Waals surface area contributed by atoms with Gasteiger partial charge in [-0.2, -0.15) is 0 Å². The Labute approximate surface area is 173 Å². The molecule has 0 fully saturated rings. The Kier molecular flexibility index (Phi) is 7.52. The van der Waals surface area contributed by atoms with Gasteiger partial charge in [0.25, 0.3) is 0 Å². The summed E-state index contributed by atoms with van der Waals surface area (Å²) < 4.78 is 10.6. The molecule has 2 rings (SSSR count). The molecule has 0 saturated carbocycles. The molecule has 6 heteroatoms. The third-order valence-corrected chi connectivity index (χ3v) is 5.34. The molecule has 0 N–H and O–H groups in total. The second-order valence-electron chi connectivity index (χ2n) is 6.62. The first kappa shape index (κ1) is 21.8. The van der Waals surface area contributed by atoms with E-state index in [-0.39, 0.29) is 5.78 Å². The molecule has 0 aliphatic carbocycles. The second-order valence-corrected chi connectivity index (χ2v) is 7.54. The molecule has 0 radical (unpaired) electrons. The smallest absolute Gasteiger partial charge is 0.320 e. The lowest BCUT2D eigenvalue weighted by molar-refractivity contribution is -0.160. The predicted molar refractivity (Wildman–Crippen MR) is 109 cm³/mol. The number of ketones is 1. The number of ether oxygens (including phenoxy) is 2. The first-order valence-electron chi connectivity index (χ1n) is 8.82. The van der Waals surface area contributed by atoms with Crippen LogP contribution in [0.1, 0.15) is 34.3 Å². The van der Waals surface area contributed by atoms with Crippen LogP contribution in [0.2, 0.25) is 0 Å². The van der Waals surface area contributed by atoms with E-state index >= 15 is 0 Å². The number of hydrogen-bond donors (Lipinski definition) is 0. The van der Waals surface area contributed by atoms with Crippen molar-refractivity contribution in [1.82, 2.24) is 0 Å². The van der Waals surface area contributed by atoms with Crippen LogP contribution in [0.5, 0.6) is 0 Å². The molecule has 2 atom stereocenters. The van der Waals surface area contributed by atoms with Crippen molar-refractivity contribution in [3.63, 3.8) is 0 Å². The van der Waals surface area contributed by atoms with Gasteiger partial charge >= 0.3 is 11.9 Å². The van der Waals surface area contributed by atoms with E-state index in [4.69, 9.17) is 9.47 Å². The van der Waals surface area contributed by atoms with Gasteiger partial charge in [0.15, 0.2) is 11.7 Å². The Morgan fingerprint density at radius 1 is 0.857 bits per heavy atom. The summed E-state index contributed by atoms with van der Waals surface area (Å²) in [7, 11) is 2.42. The molecule has 0 aliphatic heterocycles. The maximum absolute atomic E-state index is 13.2. The topological polar surface area (TPSA) is 69.7 Å². The predicted octanol–water partition coefficient (Wildman–Crippen LogP) is 4.32. The number of esters is 2. The molecule has 5 nitrogen and oxygen atoms in total. The van der Waals surface area contributed by atoms with Crippen molar-refractivity contribution in [2.45, 2.75) is 19.8 Å². The number of carbonyl (C=O) groups is 3. The minimum Gasteiger partial charge on any atom is -0.468 e. The second kappa shape index (κ2) is 9.64. The van der Waals surface area contributed by atoms with Gasteiger partial charge in [0.05, 0.1) is 14.2 Å². The molecule has 0 saturated heterocycles. The van der Waals surface area contributed by atoms with E-state index in [9.17, 15) is 14.4 Å². The summed E-state index contributed by atoms with van der Waals surface area (Å²) in [5, 5.41) is 0. The third kappa shape index (κ3) is 4.87. The van der Waals surface area contributed by atoms with E-state index in [1.807, 2.05) is 19.1 Å². The summed E-state index contributed by atoms with van der Waals surface area (Å²) in [6.45, 7) is 3.65. The van der Waals surface area contributed by atoms with Crippen molar-refractivity contribution < 1.29 is 23.9 Å². The van der Waals surface area contributed by atoms with Gasteiger partial charge in [-0.1, -0.05) is 64.8 Å². The summed E-state index contributed by atoms with van der Waals surface area (Å²) in [5.41, 5.74) is 2.24. The van der Waals surface area contributed by atoms with E-state index in [1.54, 1.807) is 43.3 Å². The molecule has 0 spiro atoms. The van der Waals surface area contributed by atoms with Gasteiger partial charge in [-0.05, 0) is 24.6 Å². The van der Waals surface area contributed by atoms with Crippen LogP contribution < -0.4 is 0 Å². The number of benzene rings is 2. The van der Waals surface area contributed by atoms with Crippen molar-refractivity contribution in [2.75, 3.05) is 14.2 Å². The van der Waals surface area contributed by atoms with E-state index in [0.717, 1.165) is 10.0 Å². The van der Waals surface area contributed by atoms with Gasteiger partial charge in [0, 0.05) is 21.9 Å². The Morgan fingerprint density at radius 3 is 1.82 bits per heavy atom. The van der Waals surface area contributed by atoms with Crippen LogP contribution in [0, 0.1) is 18.8 Å². The van der Waals surface area contributed by atoms with Crippen molar-refractivity contribution in [3.05, 3.63) is 69.7 Å². The average Bonchev–Trinajstić information content (AvgIpc) is 2.71. The van der Waals surface area contributed by atoms with Crippen LogP contribution in [-0.2, 0) is 19.1 Å². The van der Waals surface area contributed by atoms with Gasteiger partial charge in [-0.15, -0.1) is 0 Å². The van der Waals surface area contributed by atoms with Crippen molar-refractivity contribution in [3.8, 4) is 0 Å². The van der Waals surface area contributed by atoms with Gasteiger partial charge in [0.1, 0.15) is 0 Å². The highest BCUT2D eigenvalue weighted by Gasteiger charge is 2.43. The zero-order valence-electron chi connectivity index (χ0n) is 16.3. The van der Waals surface area contributed by atoms with Gasteiger partial charge in [-0.25, -0.2) is 0 Å². The Hall–Kier alpha value is -2.47. The lowest BCUT2D eigenvalue weighted by atomic mass is 9.74. The summed E-state index contributed by atoms with van der Waals surface area (Å²) in [6, 6.07) is 14.4. The number of methoxy groups -OCH3 is 2. The highest BCUT2D eigenvalue weighted by atomic mass is 79.9. The van der Waals surface area contributed by atoms with Gasteiger partial charge < -0.3 is 9.47 Å². The highest BCUT2D eigenvalue weighted by Crippen LogP contribution is 2.36. The number of hydrogen-bond acceptors (Lipinski definition) is 5. The molecule has 0 aromatic heterocycles. The monoisotopic (exact) mass is 446 g/mol. The van der Waals surface area contributed by atoms with Crippen molar-refractivity contribution in [1.29, 1.82) is 0 Å². The molecule has 148 valence electrons. The molecule has 0 heterocycles. The fraction of sp³-hybridized carbons (Fsp3) is 0.318. The summed E-state index contributed by atoms with van der Waals surface area (Å²) in [6.07, 6.45) is 0. The van der Waals surface area contributed by atoms with Gasteiger partial charge in [0.2, 0.25) is 0 Å². The first-order chi connectivity index (χ1) is 13.3. The van der Waals surface area contributed by atoms with E-state index in [1.165, 1.54) is 14.2 Å². The van der Waals surface area contributed by atoms with Crippen LogP contribution in [0.3, 0.4) is 0 Å². The maximum atomic E-state index is 13.2. The quantitative estimate of drug-likeness (QED) is 0.359. The van der Waals surface area contributed by atoms with E-state index in [2.05, 4.69) is 15.9 Å². The maximum Gasteiger partial charge on any atom is 0.320 e. The molecule has 0 bridgehead atoms. The number of aryl methyl sites for hydroxylation is 1. The first-order valence-corrected chi connectivity index (χ1v) is 9.61. The van der Waals surface area contributed by atoms with E-state index < -0.39 is 29.7 Å². The Balaban J connectivity index is 2.53. The van der Waals surface area contributed by atoms with Crippen LogP contribution in [0.4, 0.5) is 0 Å². The third-order valence-electron chi connectivity index (χ3n) is 4.81. The number of rotatable bonds is 7. The highest BCUT2D eigenvalue weighted by molar-refractivity contribution is 9.10. The van der Waals surface area contributed by atoms with Crippen LogP contribution >= 0.6 is 15.9 Å². The standard InChI is InChI=1S/C22H23BrO5/c1-13-5-7-16(8-6-13)20(24)14(2)18(15-9-11-17(23)12-10-15)19(21(25)27-3)22(26)28-4/h5-12,14,18-19H,1-4H3/t14-,18+/m1/s1. The minimum absolute atomic E-state index is 0.161. The largest absolute Gasteiger partial charge is 0.468 e. The summed E-state index contributed by atoms with van der Waals surface area (Å²) in [4.78, 5) is 38.1. The number of halogens is 1. The molecule has 0 unspecified atom stereocenters. The lowest BCUT2D eigenvalue weighted by Gasteiger charge is -2.28.